The Kier molecular flexibility index (Phi) is 4.89. The smallest absolute Gasteiger partial charge is 0.407 e. The second-order valence-electron chi connectivity index (χ2n) is 5.05. The van der Waals surface area contributed by atoms with Gasteiger partial charge >= 0.3 is 6.09 Å². The number of pyridine rings is 2. The number of nitrogens with one attached hydrogen (secondary N) is 1. The Morgan fingerprint density at radius 1 is 1.20 bits per heavy atom. The number of ether oxygens (including phenoxy) is 2. The summed E-state index contributed by atoms with van der Waals surface area (Å²) < 4.78 is 11.4. The number of carbonyl (C=O) groups excluding carboxylic acids is 1. The summed E-state index contributed by atoms with van der Waals surface area (Å²) in [5.41, 5.74) is 2.97. The Morgan fingerprint density at radius 2 is 2.08 bits per heavy atom. The fourth-order valence-electron chi connectivity index (χ4n) is 2.26. The van der Waals surface area contributed by atoms with Crippen LogP contribution in [0.5, 0.6) is 5.88 Å². The van der Waals surface area contributed by atoms with Crippen LogP contribution in [0.2, 0.25) is 0 Å². The lowest BCUT2D eigenvalue weighted by molar-refractivity contribution is 0.170. The fraction of sp³-hybridized carbons (Fsp3) is 0.176. The summed E-state index contributed by atoms with van der Waals surface area (Å²) in [6, 6.07) is 11.1. The highest BCUT2D eigenvalue weighted by Gasteiger charge is 2.14. The summed E-state index contributed by atoms with van der Waals surface area (Å²) >= 11 is 0. The number of amides is 1. The molecule has 0 spiro atoms. The molecular weight excluding hydrogens is 322 g/mol. The zero-order valence-corrected chi connectivity index (χ0v) is 13.8. The van der Waals surface area contributed by atoms with Crippen LogP contribution in [0.15, 0.2) is 48.8 Å². The molecule has 0 radical (unpaired) electrons. The van der Waals surface area contributed by atoms with Gasteiger partial charge in [-0.25, -0.2) is 14.5 Å². The molecule has 0 bridgehead atoms. The van der Waals surface area contributed by atoms with Gasteiger partial charge in [0.1, 0.15) is 0 Å². The average molecular weight is 339 g/mol. The quantitative estimate of drug-likeness (QED) is 0.766. The summed E-state index contributed by atoms with van der Waals surface area (Å²) in [6.07, 6.45) is 2.86. The molecule has 25 heavy (non-hydrogen) atoms. The standard InChI is InChI=1S/C17H17N5O3/c1-24-16-7-6-13(11-19-16)22-15(14-5-3-4-8-18-14)9-12(21-22)10-20-17(23)25-2/h3-9,11H,10H2,1-2H3,(H,20,23). The highest BCUT2D eigenvalue weighted by molar-refractivity contribution is 5.67. The van der Waals surface area contributed by atoms with Gasteiger partial charge in [-0.3, -0.25) is 4.98 Å². The summed E-state index contributed by atoms with van der Waals surface area (Å²) in [6.45, 7) is 0.239. The van der Waals surface area contributed by atoms with E-state index in [0.717, 1.165) is 17.1 Å². The van der Waals surface area contributed by atoms with Crippen LogP contribution >= 0.6 is 0 Å². The third kappa shape index (κ3) is 3.74. The third-order valence-electron chi connectivity index (χ3n) is 3.46. The molecule has 3 heterocycles. The molecule has 0 aliphatic rings. The van der Waals surface area contributed by atoms with Gasteiger partial charge in [-0.2, -0.15) is 5.10 Å². The maximum absolute atomic E-state index is 11.3. The second-order valence-corrected chi connectivity index (χ2v) is 5.05. The minimum atomic E-state index is -0.514. The maximum Gasteiger partial charge on any atom is 0.407 e. The lowest BCUT2D eigenvalue weighted by atomic mass is 10.2. The van der Waals surface area contributed by atoms with Crippen LogP contribution < -0.4 is 10.1 Å². The van der Waals surface area contributed by atoms with E-state index in [-0.39, 0.29) is 6.54 Å². The Hall–Kier alpha value is -3.42. The second kappa shape index (κ2) is 7.43. The molecule has 128 valence electrons. The van der Waals surface area contributed by atoms with Crippen LogP contribution in [0, 0.1) is 0 Å². The lowest BCUT2D eigenvalue weighted by Crippen LogP contribution is -2.22. The number of rotatable bonds is 5. The molecule has 0 atom stereocenters. The molecule has 1 amide bonds. The highest BCUT2D eigenvalue weighted by Crippen LogP contribution is 2.22. The maximum atomic E-state index is 11.3. The molecule has 3 aromatic rings. The molecule has 8 nitrogen and oxygen atoms in total. The summed E-state index contributed by atoms with van der Waals surface area (Å²) in [4.78, 5) is 19.9. The van der Waals surface area contributed by atoms with Crippen molar-refractivity contribution >= 4 is 6.09 Å². The molecule has 3 rings (SSSR count). The Bertz CT molecular complexity index is 846. The first-order chi connectivity index (χ1) is 12.2. The number of hydrogen-bond acceptors (Lipinski definition) is 6. The van der Waals surface area contributed by atoms with E-state index < -0.39 is 6.09 Å². The van der Waals surface area contributed by atoms with Crippen LogP contribution in [0.3, 0.4) is 0 Å². The van der Waals surface area contributed by atoms with Gasteiger partial charge in [0, 0.05) is 12.3 Å². The van der Waals surface area contributed by atoms with E-state index >= 15 is 0 Å². The third-order valence-corrected chi connectivity index (χ3v) is 3.46. The van der Waals surface area contributed by atoms with Crippen molar-refractivity contribution in [1.82, 2.24) is 25.1 Å². The highest BCUT2D eigenvalue weighted by atomic mass is 16.5. The predicted molar refractivity (Wildman–Crippen MR) is 90.4 cm³/mol. The number of nitrogens with zero attached hydrogens (tertiary/aromatic N) is 4. The van der Waals surface area contributed by atoms with Crippen molar-refractivity contribution in [3.63, 3.8) is 0 Å². The van der Waals surface area contributed by atoms with Gasteiger partial charge in [0.05, 0.1) is 49.7 Å². The van der Waals surface area contributed by atoms with Crippen LogP contribution in [0.4, 0.5) is 4.79 Å². The van der Waals surface area contributed by atoms with E-state index in [0.29, 0.717) is 11.6 Å². The largest absolute Gasteiger partial charge is 0.481 e. The summed E-state index contributed by atoms with van der Waals surface area (Å²) in [5.74, 6) is 0.517. The van der Waals surface area contributed by atoms with Crippen molar-refractivity contribution < 1.29 is 14.3 Å². The molecule has 0 aliphatic heterocycles. The Morgan fingerprint density at radius 3 is 2.72 bits per heavy atom. The average Bonchev–Trinajstić information content (AvgIpc) is 3.11. The van der Waals surface area contributed by atoms with Gasteiger partial charge in [-0.15, -0.1) is 0 Å². The first kappa shape index (κ1) is 16.4. The van der Waals surface area contributed by atoms with Gasteiger partial charge in [-0.05, 0) is 24.3 Å². The minimum Gasteiger partial charge on any atom is -0.481 e. The zero-order chi connectivity index (χ0) is 17.6. The lowest BCUT2D eigenvalue weighted by Gasteiger charge is -2.07. The summed E-state index contributed by atoms with van der Waals surface area (Å²) in [7, 11) is 2.88. The zero-order valence-electron chi connectivity index (χ0n) is 13.8. The predicted octanol–water partition coefficient (Wildman–Crippen LogP) is 2.19. The van der Waals surface area contributed by atoms with Crippen LogP contribution in [0.25, 0.3) is 17.1 Å². The molecule has 0 unspecified atom stereocenters. The van der Waals surface area contributed by atoms with Crippen molar-refractivity contribution in [2.45, 2.75) is 6.54 Å². The van der Waals surface area contributed by atoms with E-state index in [1.807, 2.05) is 30.3 Å². The monoisotopic (exact) mass is 339 g/mol. The van der Waals surface area contributed by atoms with Gasteiger partial charge in [0.25, 0.3) is 0 Å². The van der Waals surface area contributed by atoms with Gasteiger partial charge in [0.2, 0.25) is 5.88 Å². The molecular formula is C17H17N5O3. The first-order valence-corrected chi connectivity index (χ1v) is 7.54. The van der Waals surface area contributed by atoms with Gasteiger partial charge < -0.3 is 14.8 Å². The van der Waals surface area contributed by atoms with E-state index in [9.17, 15) is 4.79 Å². The number of methoxy groups -OCH3 is 2. The number of alkyl carbamates (subject to hydrolysis) is 1. The van der Waals surface area contributed by atoms with E-state index in [4.69, 9.17) is 4.74 Å². The molecule has 0 fully saturated rings. The molecule has 0 aliphatic carbocycles. The van der Waals surface area contributed by atoms with Crippen molar-refractivity contribution in [1.29, 1.82) is 0 Å². The van der Waals surface area contributed by atoms with Crippen molar-refractivity contribution in [3.8, 4) is 23.0 Å². The van der Waals surface area contributed by atoms with Gasteiger partial charge in [0.15, 0.2) is 0 Å². The number of carbonyl (C=O) groups is 1. The SMILES string of the molecule is COC(=O)NCc1cc(-c2ccccn2)n(-c2ccc(OC)nc2)n1. The fourth-order valence-corrected chi connectivity index (χ4v) is 2.26. The molecule has 0 aromatic carbocycles. The van der Waals surface area contributed by atoms with Crippen LogP contribution in [0.1, 0.15) is 5.69 Å². The van der Waals surface area contributed by atoms with Gasteiger partial charge in [-0.1, -0.05) is 6.07 Å². The van der Waals surface area contributed by atoms with E-state index in [1.54, 1.807) is 30.3 Å². The molecule has 3 aromatic heterocycles. The minimum absolute atomic E-state index is 0.239. The van der Waals surface area contributed by atoms with Crippen LogP contribution in [-0.4, -0.2) is 40.1 Å². The summed E-state index contributed by atoms with van der Waals surface area (Å²) in [5, 5.41) is 7.16. The number of aromatic nitrogens is 4. The molecule has 1 N–H and O–H groups in total. The van der Waals surface area contributed by atoms with E-state index in [2.05, 4.69) is 25.1 Å². The van der Waals surface area contributed by atoms with Crippen molar-refractivity contribution in [2.75, 3.05) is 14.2 Å². The van der Waals surface area contributed by atoms with E-state index in [1.165, 1.54) is 7.11 Å². The topological polar surface area (TPSA) is 91.2 Å². The Labute approximate surface area is 144 Å². The van der Waals surface area contributed by atoms with Crippen molar-refractivity contribution in [3.05, 3.63) is 54.5 Å². The normalized spacial score (nSPS) is 10.3. The molecule has 8 heteroatoms. The Balaban J connectivity index is 1.98. The first-order valence-electron chi connectivity index (χ1n) is 7.54. The molecule has 0 saturated carbocycles. The van der Waals surface area contributed by atoms with Crippen LogP contribution in [-0.2, 0) is 11.3 Å². The van der Waals surface area contributed by atoms with Crippen molar-refractivity contribution in [2.24, 2.45) is 0 Å². The molecule has 0 saturated heterocycles. The number of hydrogen-bond donors (Lipinski definition) is 1.